The van der Waals surface area contributed by atoms with Gasteiger partial charge in [-0.05, 0) is 31.0 Å². The van der Waals surface area contributed by atoms with Crippen LogP contribution in [0.15, 0.2) is 23.1 Å². The Morgan fingerprint density at radius 1 is 1.45 bits per heavy atom. The number of thioether (sulfide) groups is 1. The van der Waals surface area contributed by atoms with Crippen molar-refractivity contribution in [3.8, 4) is 0 Å². The molecule has 22 heavy (non-hydrogen) atoms. The van der Waals surface area contributed by atoms with Crippen molar-refractivity contribution in [1.29, 1.82) is 0 Å². The van der Waals surface area contributed by atoms with Crippen molar-refractivity contribution in [1.82, 2.24) is 9.80 Å². The van der Waals surface area contributed by atoms with Crippen molar-refractivity contribution in [2.45, 2.75) is 24.0 Å². The Morgan fingerprint density at radius 2 is 2.27 bits per heavy atom. The van der Waals surface area contributed by atoms with E-state index in [9.17, 15) is 4.79 Å². The summed E-state index contributed by atoms with van der Waals surface area (Å²) in [5.41, 5.74) is 0.748. The Kier molecular flexibility index (Phi) is 4.97. The molecule has 4 nitrogen and oxygen atoms in total. The van der Waals surface area contributed by atoms with Crippen molar-refractivity contribution in [3.63, 3.8) is 0 Å². The second kappa shape index (κ2) is 6.79. The van der Waals surface area contributed by atoms with E-state index in [1.165, 1.54) is 0 Å². The number of halogens is 1. The first-order valence-corrected chi connectivity index (χ1v) is 9.00. The molecule has 0 saturated carbocycles. The highest BCUT2D eigenvalue weighted by molar-refractivity contribution is 7.99. The summed E-state index contributed by atoms with van der Waals surface area (Å²) in [6.07, 6.45) is 0.136. The van der Waals surface area contributed by atoms with Gasteiger partial charge in [0.2, 0.25) is 0 Å². The van der Waals surface area contributed by atoms with E-state index >= 15 is 0 Å². The third-order valence-corrected chi connectivity index (χ3v) is 5.51. The fourth-order valence-corrected chi connectivity index (χ4v) is 4.21. The normalized spacial score (nSPS) is 25.3. The van der Waals surface area contributed by atoms with Crippen LogP contribution >= 0.6 is 23.4 Å². The number of carbonyl (C=O) groups excluding carboxylic acids is 1. The predicted octanol–water partition coefficient (Wildman–Crippen LogP) is 2.61. The molecule has 0 radical (unpaired) electrons. The topological polar surface area (TPSA) is 32.8 Å². The monoisotopic (exact) mass is 340 g/mol. The average Bonchev–Trinajstić information content (AvgIpc) is 2.93. The van der Waals surface area contributed by atoms with Crippen LogP contribution in [-0.2, 0) is 4.74 Å². The summed E-state index contributed by atoms with van der Waals surface area (Å²) in [6.45, 7) is 5.16. The van der Waals surface area contributed by atoms with Crippen LogP contribution in [0, 0.1) is 0 Å². The van der Waals surface area contributed by atoms with Gasteiger partial charge in [-0.25, -0.2) is 0 Å². The average molecular weight is 341 g/mol. The van der Waals surface area contributed by atoms with Gasteiger partial charge >= 0.3 is 0 Å². The number of morpholine rings is 1. The van der Waals surface area contributed by atoms with E-state index in [2.05, 4.69) is 18.9 Å². The standard InChI is InChI=1S/C16H21ClN2O2S/c1-3-22-15-8-11(17)4-5-12(15)16(20)19-9-13-14(10-19)21-7-6-18(13)2/h4-5,8,13-14H,3,6-7,9-10H2,1-2H3/t13-,14-/m1/s1. The maximum Gasteiger partial charge on any atom is 0.255 e. The van der Waals surface area contributed by atoms with Crippen LogP contribution in [0.25, 0.3) is 0 Å². The van der Waals surface area contributed by atoms with Gasteiger partial charge in [-0.15, -0.1) is 11.8 Å². The van der Waals surface area contributed by atoms with Crippen LogP contribution in [0.5, 0.6) is 0 Å². The van der Waals surface area contributed by atoms with Crippen molar-refractivity contribution < 1.29 is 9.53 Å². The van der Waals surface area contributed by atoms with Crippen molar-refractivity contribution >= 4 is 29.3 Å². The van der Waals surface area contributed by atoms with Crippen molar-refractivity contribution in [3.05, 3.63) is 28.8 Å². The summed E-state index contributed by atoms with van der Waals surface area (Å²) >= 11 is 7.73. The summed E-state index contributed by atoms with van der Waals surface area (Å²) < 4.78 is 5.82. The molecule has 2 atom stereocenters. The Morgan fingerprint density at radius 3 is 3.00 bits per heavy atom. The quantitative estimate of drug-likeness (QED) is 0.792. The van der Waals surface area contributed by atoms with Gasteiger partial charge in [-0.2, -0.15) is 0 Å². The highest BCUT2D eigenvalue weighted by Crippen LogP contribution is 2.29. The number of hydrogen-bond acceptors (Lipinski definition) is 4. The van der Waals surface area contributed by atoms with Gasteiger partial charge in [-0.1, -0.05) is 18.5 Å². The van der Waals surface area contributed by atoms with Gasteiger partial charge in [0.15, 0.2) is 0 Å². The molecule has 2 aliphatic heterocycles. The van der Waals surface area contributed by atoms with Gasteiger partial charge in [0, 0.05) is 29.6 Å². The molecule has 120 valence electrons. The van der Waals surface area contributed by atoms with Crippen LogP contribution in [0.3, 0.4) is 0 Å². The number of nitrogens with zero attached hydrogens (tertiary/aromatic N) is 2. The maximum atomic E-state index is 12.9. The second-order valence-corrected chi connectivity index (χ2v) is 7.48. The molecule has 1 aromatic rings. The first-order chi connectivity index (χ1) is 10.6. The molecule has 0 unspecified atom stereocenters. The molecule has 3 rings (SSSR count). The number of benzene rings is 1. The number of rotatable bonds is 3. The first-order valence-electron chi connectivity index (χ1n) is 7.63. The van der Waals surface area contributed by atoms with E-state index in [1.54, 1.807) is 17.8 Å². The molecule has 0 N–H and O–H groups in total. The van der Waals surface area contributed by atoms with Gasteiger partial charge < -0.3 is 9.64 Å². The predicted molar refractivity (Wildman–Crippen MR) is 89.9 cm³/mol. The third kappa shape index (κ3) is 3.13. The molecular formula is C16H21ClN2O2S. The Balaban J connectivity index is 1.80. The van der Waals surface area contributed by atoms with Crippen LogP contribution in [-0.4, -0.2) is 66.9 Å². The van der Waals surface area contributed by atoms with E-state index in [0.29, 0.717) is 17.6 Å². The zero-order valence-corrected chi connectivity index (χ0v) is 14.5. The van der Waals surface area contributed by atoms with E-state index in [4.69, 9.17) is 16.3 Å². The third-order valence-electron chi connectivity index (χ3n) is 4.34. The minimum Gasteiger partial charge on any atom is -0.373 e. The molecular weight excluding hydrogens is 320 g/mol. The van der Waals surface area contributed by atoms with Crippen molar-refractivity contribution in [2.24, 2.45) is 0 Å². The summed E-state index contributed by atoms with van der Waals surface area (Å²) in [7, 11) is 2.11. The number of carbonyl (C=O) groups is 1. The van der Waals surface area contributed by atoms with Crippen LogP contribution in [0.1, 0.15) is 17.3 Å². The van der Waals surface area contributed by atoms with Gasteiger partial charge in [0.1, 0.15) is 0 Å². The Bertz CT molecular complexity index is 569. The number of likely N-dealkylation sites (N-methyl/N-ethyl adjacent to an activating group) is 1. The maximum absolute atomic E-state index is 12.9. The van der Waals surface area contributed by atoms with E-state index in [1.807, 2.05) is 17.0 Å². The van der Waals surface area contributed by atoms with E-state index in [-0.39, 0.29) is 12.0 Å². The minimum atomic E-state index is 0.0824. The summed E-state index contributed by atoms with van der Waals surface area (Å²) in [5.74, 6) is 0.997. The number of hydrogen-bond donors (Lipinski definition) is 0. The lowest BCUT2D eigenvalue weighted by Gasteiger charge is -2.33. The summed E-state index contributed by atoms with van der Waals surface area (Å²) in [4.78, 5) is 18.1. The SMILES string of the molecule is CCSc1cc(Cl)ccc1C(=O)N1C[C@@H]2[C@@H](C1)OCCN2C. The van der Waals surface area contributed by atoms with Crippen LogP contribution < -0.4 is 0 Å². The smallest absolute Gasteiger partial charge is 0.255 e. The van der Waals surface area contributed by atoms with Crippen LogP contribution in [0.2, 0.25) is 5.02 Å². The highest BCUT2D eigenvalue weighted by atomic mass is 35.5. The molecule has 0 bridgehead atoms. The molecule has 1 amide bonds. The molecule has 0 spiro atoms. The lowest BCUT2D eigenvalue weighted by molar-refractivity contribution is -0.0368. The number of likely N-dealkylation sites (tertiary alicyclic amines) is 1. The lowest BCUT2D eigenvalue weighted by Crippen LogP contribution is -2.48. The molecule has 0 aliphatic carbocycles. The molecule has 1 aromatic carbocycles. The van der Waals surface area contributed by atoms with E-state index in [0.717, 1.165) is 35.9 Å². The second-order valence-electron chi connectivity index (χ2n) is 5.74. The number of fused-ring (bicyclic) bond motifs is 1. The Labute approximate surface area is 140 Å². The molecule has 2 fully saturated rings. The van der Waals surface area contributed by atoms with Gasteiger partial charge in [0.05, 0.1) is 24.3 Å². The fourth-order valence-electron chi connectivity index (χ4n) is 3.14. The van der Waals surface area contributed by atoms with E-state index < -0.39 is 0 Å². The number of ether oxygens (including phenoxy) is 1. The zero-order chi connectivity index (χ0) is 15.7. The number of amides is 1. The first kappa shape index (κ1) is 16.1. The molecule has 2 heterocycles. The minimum absolute atomic E-state index is 0.0824. The van der Waals surface area contributed by atoms with Crippen molar-refractivity contribution in [2.75, 3.05) is 39.0 Å². The van der Waals surface area contributed by atoms with Gasteiger partial charge in [-0.3, -0.25) is 9.69 Å². The molecule has 2 saturated heterocycles. The highest BCUT2D eigenvalue weighted by Gasteiger charge is 2.40. The van der Waals surface area contributed by atoms with Crippen LogP contribution in [0.4, 0.5) is 0 Å². The molecule has 6 heteroatoms. The molecule has 2 aliphatic rings. The lowest BCUT2D eigenvalue weighted by atomic mass is 10.1. The zero-order valence-electron chi connectivity index (χ0n) is 12.9. The fraction of sp³-hybridized carbons (Fsp3) is 0.562. The Hall–Kier alpha value is -0.750. The van der Waals surface area contributed by atoms with Gasteiger partial charge in [0.25, 0.3) is 5.91 Å². The summed E-state index contributed by atoms with van der Waals surface area (Å²) in [5, 5.41) is 0.672. The largest absolute Gasteiger partial charge is 0.373 e. The molecule has 0 aromatic heterocycles. The summed E-state index contributed by atoms with van der Waals surface area (Å²) in [6, 6.07) is 5.83.